The average molecular weight is 509 g/mol. The number of methoxy groups -OCH3 is 1. The van der Waals surface area contributed by atoms with Crippen LogP contribution in [0.25, 0.3) is 0 Å². The predicted molar refractivity (Wildman–Crippen MR) is 127 cm³/mol. The highest BCUT2D eigenvalue weighted by atomic mass is 16.7. The summed E-state index contributed by atoms with van der Waals surface area (Å²) >= 11 is 0. The molecule has 202 valence electrons. The Balaban J connectivity index is 1.59. The van der Waals surface area contributed by atoms with Crippen LogP contribution in [0.4, 0.5) is 0 Å². The van der Waals surface area contributed by atoms with Gasteiger partial charge in [0, 0.05) is 12.5 Å². The Morgan fingerprint density at radius 3 is 2.39 bits per heavy atom. The summed E-state index contributed by atoms with van der Waals surface area (Å²) in [4.78, 5) is 26.8. The molecular formula is C27H40O9. The van der Waals surface area contributed by atoms with E-state index in [1.54, 1.807) is 6.92 Å². The Kier molecular flexibility index (Phi) is 6.16. The summed E-state index contributed by atoms with van der Waals surface area (Å²) in [6.45, 7) is 7.66. The standard InChI is InChI=1S/C27H40O9/c1-12(2)18-8-15-9-26(23(30)31)17-7-6-13(3)16(17)10-25(15,27(18,26)24(32)33)11-35-22-20(29)19(28)21(34-5)14(4)36-22/h8,12-17,19-22,28-29H,6-7,9-11H2,1-5H3,(H,30,31)(H,32,33)/t13-,14+,15+,16-,17-,19-,20+,21+,22+,25+,26-,27-/m1/s1. The lowest BCUT2D eigenvalue weighted by Crippen LogP contribution is -2.66. The molecule has 0 radical (unpaired) electrons. The second kappa shape index (κ2) is 8.50. The summed E-state index contributed by atoms with van der Waals surface area (Å²) in [7, 11) is 1.43. The van der Waals surface area contributed by atoms with Crippen molar-refractivity contribution in [3.63, 3.8) is 0 Å². The first-order valence-corrected chi connectivity index (χ1v) is 13.3. The van der Waals surface area contributed by atoms with Crippen molar-refractivity contribution < 1.29 is 44.2 Å². The van der Waals surface area contributed by atoms with Gasteiger partial charge in [0.15, 0.2) is 6.29 Å². The van der Waals surface area contributed by atoms with Crippen molar-refractivity contribution in [3.8, 4) is 0 Å². The summed E-state index contributed by atoms with van der Waals surface area (Å²) in [6, 6.07) is 0. The molecule has 0 aromatic rings. The van der Waals surface area contributed by atoms with Crippen LogP contribution in [0.3, 0.4) is 0 Å². The fourth-order valence-electron chi connectivity index (χ4n) is 9.44. The van der Waals surface area contributed by atoms with E-state index < -0.39 is 58.9 Å². The second-order valence-corrected chi connectivity index (χ2v) is 12.3. The molecule has 3 saturated carbocycles. The van der Waals surface area contributed by atoms with Crippen LogP contribution in [0.15, 0.2) is 11.6 Å². The van der Waals surface area contributed by atoms with Gasteiger partial charge in [-0.2, -0.15) is 0 Å². The first-order chi connectivity index (χ1) is 16.9. The Morgan fingerprint density at radius 1 is 1.11 bits per heavy atom. The minimum absolute atomic E-state index is 0.0690. The van der Waals surface area contributed by atoms with Crippen molar-refractivity contribution in [3.05, 3.63) is 11.6 Å². The third-order valence-corrected chi connectivity index (χ3v) is 10.8. The number of ether oxygens (including phenoxy) is 3. The molecule has 12 atom stereocenters. The lowest BCUT2D eigenvalue weighted by molar-refractivity contribution is -0.307. The quantitative estimate of drug-likeness (QED) is 0.381. The van der Waals surface area contributed by atoms with Crippen molar-refractivity contribution in [1.82, 2.24) is 0 Å². The molecule has 9 nitrogen and oxygen atoms in total. The van der Waals surface area contributed by atoms with Crippen LogP contribution in [0.2, 0.25) is 0 Å². The summed E-state index contributed by atoms with van der Waals surface area (Å²) in [5.41, 5.74) is -3.30. The molecule has 1 heterocycles. The Hall–Kier alpha value is -1.52. The first kappa shape index (κ1) is 26.1. The maximum Gasteiger partial charge on any atom is 0.315 e. The van der Waals surface area contributed by atoms with Crippen molar-refractivity contribution in [2.24, 2.45) is 45.8 Å². The van der Waals surface area contributed by atoms with E-state index in [4.69, 9.17) is 14.2 Å². The first-order valence-electron chi connectivity index (χ1n) is 13.3. The van der Waals surface area contributed by atoms with Crippen molar-refractivity contribution >= 4 is 11.9 Å². The fourth-order valence-corrected chi connectivity index (χ4v) is 9.44. The molecule has 4 N–H and O–H groups in total. The molecule has 0 spiro atoms. The lowest BCUT2D eigenvalue weighted by atomic mass is 9.42. The number of carbonyl (C=O) groups is 2. The van der Waals surface area contributed by atoms with Crippen LogP contribution in [0, 0.1) is 45.8 Å². The number of hydrogen-bond donors (Lipinski definition) is 4. The molecule has 36 heavy (non-hydrogen) atoms. The van der Waals surface area contributed by atoms with Gasteiger partial charge in [-0.05, 0) is 55.8 Å². The van der Waals surface area contributed by atoms with Gasteiger partial charge >= 0.3 is 11.9 Å². The topological polar surface area (TPSA) is 143 Å². The highest BCUT2D eigenvalue weighted by Gasteiger charge is 2.86. The van der Waals surface area contributed by atoms with Gasteiger partial charge < -0.3 is 34.6 Å². The normalized spacial score (nSPS) is 51.3. The van der Waals surface area contributed by atoms with Crippen molar-refractivity contribution in [2.45, 2.75) is 84.1 Å². The third-order valence-electron chi connectivity index (χ3n) is 10.8. The molecule has 5 rings (SSSR count). The fraction of sp³-hybridized carbons (Fsp3) is 0.852. The van der Waals surface area contributed by atoms with E-state index in [0.29, 0.717) is 17.9 Å². The largest absolute Gasteiger partial charge is 0.481 e. The minimum Gasteiger partial charge on any atom is -0.481 e. The van der Waals surface area contributed by atoms with Crippen LogP contribution in [0.1, 0.15) is 53.4 Å². The molecule has 0 unspecified atom stereocenters. The average Bonchev–Trinajstić information content (AvgIpc) is 3.38. The Bertz CT molecular complexity index is 963. The molecule has 0 aromatic carbocycles. The number of aliphatic hydroxyl groups is 2. The van der Waals surface area contributed by atoms with Crippen LogP contribution in [0.5, 0.6) is 0 Å². The number of carboxylic acid groups (broad SMARTS) is 2. The minimum atomic E-state index is -1.60. The van der Waals surface area contributed by atoms with E-state index in [0.717, 1.165) is 12.8 Å². The van der Waals surface area contributed by atoms with Gasteiger partial charge in [0.05, 0.1) is 18.1 Å². The summed E-state index contributed by atoms with van der Waals surface area (Å²) in [6.07, 6.45) is -0.626. The van der Waals surface area contributed by atoms with E-state index in [2.05, 4.69) is 6.92 Å². The van der Waals surface area contributed by atoms with Crippen LogP contribution < -0.4 is 0 Å². The molecule has 4 aliphatic carbocycles. The van der Waals surface area contributed by atoms with E-state index in [-0.39, 0.29) is 36.7 Å². The highest BCUT2D eigenvalue weighted by Crippen LogP contribution is 2.83. The second-order valence-electron chi connectivity index (χ2n) is 12.3. The number of aliphatic carboxylic acids is 2. The zero-order valence-corrected chi connectivity index (χ0v) is 21.7. The van der Waals surface area contributed by atoms with Gasteiger partial charge in [0.2, 0.25) is 0 Å². The van der Waals surface area contributed by atoms with E-state index in [1.165, 1.54) is 7.11 Å². The Morgan fingerprint density at radius 2 is 1.81 bits per heavy atom. The van der Waals surface area contributed by atoms with Gasteiger partial charge in [-0.25, -0.2) is 0 Å². The molecule has 0 aromatic heterocycles. The molecule has 4 fully saturated rings. The van der Waals surface area contributed by atoms with Crippen LogP contribution in [-0.4, -0.2) is 76.8 Å². The predicted octanol–water partition coefficient (Wildman–Crippen LogP) is 2.29. The number of allylic oxidation sites excluding steroid dienone is 1. The molecular weight excluding hydrogens is 468 g/mol. The van der Waals surface area contributed by atoms with Crippen LogP contribution in [-0.2, 0) is 23.8 Å². The number of fused-ring (bicyclic) bond motifs is 2. The summed E-state index contributed by atoms with van der Waals surface area (Å²) in [5.74, 6) is -2.35. The molecule has 0 amide bonds. The summed E-state index contributed by atoms with van der Waals surface area (Å²) < 4.78 is 17.3. The highest BCUT2D eigenvalue weighted by molar-refractivity contribution is 5.94. The van der Waals surface area contributed by atoms with Crippen molar-refractivity contribution in [1.29, 1.82) is 0 Å². The maximum atomic E-state index is 13.5. The molecule has 1 aliphatic heterocycles. The van der Waals surface area contributed by atoms with E-state index in [1.807, 2.05) is 19.9 Å². The summed E-state index contributed by atoms with van der Waals surface area (Å²) in [5, 5.41) is 43.2. The molecule has 1 saturated heterocycles. The van der Waals surface area contributed by atoms with Gasteiger partial charge in [-0.15, -0.1) is 0 Å². The monoisotopic (exact) mass is 508 g/mol. The lowest BCUT2D eigenvalue weighted by Gasteiger charge is -2.58. The van der Waals surface area contributed by atoms with E-state index >= 15 is 0 Å². The molecule has 5 aliphatic rings. The number of aliphatic hydroxyl groups excluding tert-OH is 2. The number of carboxylic acids is 2. The van der Waals surface area contributed by atoms with Crippen molar-refractivity contribution in [2.75, 3.05) is 13.7 Å². The van der Waals surface area contributed by atoms with E-state index in [9.17, 15) is 30.0 Å². The van der Waals surface area contributed by atoms with Gasteiger partial charge in [-0.1, -0.05) is 38.8 Å². The van der Waals surface area contributed by atoms with Crippen LogP contribution >= 0.6 is 0 Å². The molecule has 9 heteroatoms. The Labute approximate surface area is 211 Å². The van der Waals surface area contributed by atoms with Gasteiger partial charge in [0.1, 0.15) is 23.7 Å². The smallest absolute Gasteiger partial charge is 0.315 e. The SMILES string of the molecule is CO[C@@H]1[C@H](O)[C@H](O)[C@@H](OC[C@@]23C[C@@H]4[C@H](C)CC[C@H]4[C@@]4(C(=O)O)C[C@@H]2C=C(C(C)C)[C@@]34C(=O)O)O[C@H]1C. The van der Waals surface area contributed by atoms with Gasteiger partial charge in [-0.3, -0.25) is 9.59 Å². The van der Waals surface area contributed by atoms with Gasteiger partial charge in [0.25, 0.3) is 0 Å². The zero-order valence-electron chi connectivity index (χ0n) is 21.7. The number of rotatable bonds is 7. The third kappa shape index (κ3) is 2.89. The number of hydrogen-bond acceptors (Lipinski definition) is 7. The molecule has 4 bridgehead atoms. The zero-order chi connectivity index (χ0) is 26.4. The maximum absolute atomic E-state index is 13.5.